The lowest BCUT2D eigenvalue weighted by Crippen LogP contribution is -2.38. The Morgan fingerprint density at radius 2 is 1.68 bits per heavy atom. The Hall–Kier alpha value is -2.29. The van der Waals surface area contributed by atoms with Gasteiger partial charge in [0.1, 0.15) is 5.75 Å². The molecule has 2 aromatic carbocycles. The molecule has 4 rings (SSSR count). The van der Waals surface area contributed by atoms with E-state index in [1.807, 2.05) is 36.4 Å². The van der Waals surface area contributed by atoms with Gasteiger partial charge in [-0.1, -0.05) is 48.5 Å². The minimum Gasteiger partial charge on any atom is -0.483 e. The maximum absolute atomic E-state index is 12.6. The van der Waals surface area contributed by atoms with E-state index in [1.165, 1.54) is 18.4 Å². The molecular formula is C22H25NO2. The lowest BCUT2D eigenvalue weighted by atomic mass is 10.0. The minimum atomic E-state index is 0.143. The summed E-state index contributed by atoms with van der Waals surface area (Å²) in [5, 5.41) is 0. The maximum Gasteiger partial charge on any atom is 0.260 e. The molecule has 0 heterocycles. The Morgan fingerprint density at radius 3 is 2.40 bits per heavy atom. The van der Waals surface area contributed by atoms with Gasteiger partial charge >= 0.3 is 0 Å². The molecule has 2 aromatic rings. The van der Waals surface area contributed by atoms with Crippen LogP contribution in [-0.4, -0.2) is 30.0 Å². The van der Waals surface area contributed by atoms with Crippen LogP contribution in [0, 0.1) is 5.92 Å². The van der Waals surface area contributed by atoms with E-state index in [1.54, 1.807) is 0 Å². The fourth-order valence-electron chi connectivity index (χ4n) is 3.25. The molecule has 25 heavy (non-hydrogen) atoms. The van der Waals surface area contributed by atoms with Crippen molar-refractivity contribution in [3.63, 3.8) is 0 Å². The summed E-state index contributed by atoms with van der Waals surface area (Å²) in [5.41, 5.74) is 2.37. The van der Waals surface area contributed by atoms with Gasteiger partial charge in [-0.05, 0) is 48.8 Å². The molecule has 0 bridgehead atoms. The first-order chi connectivity index (χ1) is 12.3. The molecule has 0 saturated heterocycles. The molecule has 0 N–H and O–H groups in total. The fourth-order valence-corrected chi connectivity index (χ4v) is 3.25. The van der Waals surface area contributed by atoms with E-state index in [-0.39, 0.29) is 12.5 Å². The van der Waals surface area contributed by atoms with Gasteiger partial charge in [0, 0.05) is 19.0 Å². The summed E-state index contributed by atoms with van der Waals surface area (Å²) in [5.74, 6) is 1.70. The first kappa shape index (κ1) is 16.2. The molecule has 0 aromatic heterocycles. The second-order valence-corrected chi connectivity index (χ2v) is 7.28. The molecular weight excluding hydrogens is 310 g/mol. The minimum absolute atomic E-state index is 0.143. The SMILES string of the molecule is O=C(COc1ccccc1Cc1ccccc1)N(CC1CC1)C1CC1. The summed E-state index contributed by atoms with van der Waals surface area (Å²) in [7, 11) is 0. The lowest BCUT2D eigenvalue weighted by Gasteiger charge is -2.22. The van der Waals surface area contributed by atoms with Crippen molar-refractivity contribution in [3.8, 4) is 5.75 Å². The molecule has 3 nitrogen and oxygen atoms in total. The topological polar surface area (TPSA) is 29.5 Å². The van der Waals surface area contributed by atoms with Gasteiger partial charge < -0.3 is 9.64 Å². The van der Waals surface area contributed by atoms with Crippen molar-refractivity contribution in [2.45, 2.75) is 38.1 Å². The summed E-state index contributed by atoms with van der Waals surface area (Å²) in [4.78, 5) is 14.7. The highest BCUT2D eigenvalue weighted by Gasteiger charge is 2.36. The highest BCUT2D eigenvalue weighted by molar-refractivity contribution is 5.78. The molecule has 0 atom stereocenters. The van der Waals surface area contributed by atoms with Crippen molar-refractivity contribution in [1.82, 2.24) is 4.90 Å². The van der Waals surface area contributed by atoms with Crippen molar-refractivity contribution in [3.05, 3.63) is 65.7 Å². The molecule has 2 aliphatic carbocycles. The summed E-state index contributed by atoms with van der Waals surface area (Å²) >= 11 is 0. The average molecular weight is 335 g/mol. The normalized spacial score (nSPS) is 16.5. The third-order valence-electron chi connectivity index (χ3n) is 5.02. The zero-order chi connectivity index (χ0) is 17.1. The summed E-state index contributed by atoms with van der Waals surface area (Å²) in [6.07, 6.45) is 5.68. The molecule has 0 spiro atoms. The van der Waals surface area contributed by atoms with Crippen molar-refractivity contribution >= 4 is 5.91 Å². The lowest BCUT2D eigenvalue weighted by molar-refractivity contribution is -0.134. The molecule has 0 aliphatic heterocycles. The van der Waals surface area contributed by atoms with Gasteiger partial charge in [-0.15, -0.1) is 0 Å². The van der Waals surface area contributed by atoms with E-state index in [4.69, 9.17) is 4.74 Å². The summed E-state index contributed by atoms with van der Waals surface area (Å²) < 4.78 is 5.94. The standard InChI is InChI=1S/C22H25NO2/c24-22(23(20-12-13-20)15-18-10-11-18)16-25-21-9-5-4-8-19(21)14-17-6-2-1-3-7-17/h1-9,18,20H,10-16H2. The van der Waals surface area contributed by atoms with Gasteiger partial charge in [0.2, 0.25) is 0 Å². The van der Waals surface area contributed by atoms with E-state index in [2.05, 4.69) is 23.1 Å². The highest BCUT2D eigenvalue weighted by atomic mass is 16.5. The van der Waals surface area contributed by atoms with Crippen molar-refractivity contribution in [1.29, 1.82) is 0 Å². The number of carbonyl (C=O) groups excluding carboxylic acids is 1. The molecule has 3 heteroatoms. The van der Waals surface area contributed by atoms with Gasteiger partial charge in [-0.25, -0.2) is 0 Å². The number of hydrogen-bond acceptors (Lipinski definition) is 2. The van der Waals surface area contributed by atoms with Crippen LogP contribution in [0.25, 0.3) is 0 Å². The number of carbonyl (C=O) groups is 1. The van der Waals surface area contributed by atoms with E-state index in [0.29, 0.717) is 6.04 Å². The molecule has 2 saturated carbocycles. The number of nitrogens with zero attached hydrogens (tertiary/aromatic N) is 1. The molecule has 2 fully saturated rings. The smallest absolute Gasteiger partial charge is 0.260 e. The fraction of sp³-hybridized carbons (Fsp3) is 0.409. The number of rotatable bonds is 8. The second kappa shape index (κ2) is 7.30. The molecule has 0 unspecified atom stereocenters. The van der Waals surface area contributed by atoms with Gasteiger partial charge in [-0.3, -0.25) is 4.79 Å². The predicted molar refractivity (Wildman–Crippen MR) is 98.6 cm³/mol. The van der Waals surface area contributed by atoms with E-state index >= 15 is 0 Å². The van der Waals surface area contributed by atoms with Gasteiger partial charge in [-0.2, -0.15) is 0 Å². The zero-order valence-corrected chi connectivity index (χ0v) is 14.6. The summed E-state index contributed by atoms with van der Waals surface area (Å²) in [6.45, 7) is 1.08. The van der Waals surface area contributed by atoms with Crippen molar-refractivity contribution in [2.75, 3.05) is 13.2 Å². The number of ether oxygens (including phenoxy) is 1. The summed E-state index contributed by atoms with van der Waals surface area (Å²) in [6, 6.07) is 18.9. The van der Waals surface area contributed by atoms with Gasteiger partial charge in [0.25, 0.3) is 5.91 Å². The van der Waals surface area contributed by atoms with Crippen LogP contribution in [0.4, 0.5) is 0 Å². The highest BCUT2D eigenvalue weighted by Crippen LogP contribution is 2.35. The second-order valence-electron chi connectivity index (χ2n) is 7.28. The van der Waals surface area contributed by atoms with Crippen molar-refractivity contribution < 1.29 is 9.53 Å². The van der Waals surface area contributed by atoms with Crippen molar-refractivity contribution in [2.24, 2.45) is 5.92 Å². The van der Waals surface area contributed by atoms with E-state index < -0.39 is 0 Å². The Kier molecular flexibility index (Phi) is 4.73. The first-order valence-electron chi connectivity index (χ1n) is 9.33. The number of hydrogen-bond donors (Lipinski definition) is 0. The third-order valence-corrected chi connectivity index (χ3v) is 5.02. The number of para-hydroxylation sites is 1. The van der Waals surface area contributed by atoms with Crippen LogP contribution in [0.1, 0.15) is 36.8 Å². The van der Waals surface area contributed by atoms with Crippen LogP contribution in [0.5, 0.6) is 5.75 Å². The molecule has 0 radical (unpaired) electrons. The van der Waals surface area contributed by atoms with Crippen LogP contribution in [-0.2, 0) is 11.2 Å². The third kappa shape index (κ3) is 4.41. The van der Waals surface area contributed by atoms with E-state index in [9.17, 15) is 4.79 Å². The Labute approximate surface area is 149 Å². The Morgan fingerprint density at radius 1 is 0.960 bits per heavy atom. The van der Waals surface area contributed by atoms with Crippen LogP contribution >= 0.6 is 0 Å². The van der Waals surface area contributed by atoms with Crippen LogP contribution in [0.2, 0.25) is 0 Å². The molecule has 1 amide bonds. The van der Waals surface area contributed by atoms with E-state index in [0.717, 1.165) is 43.0 Å². The average Bonchev–Trinajstić information content (AvgIpc) is 3.54. The van der Waals surface area contributed by atoms with Crippen LogP contribution in [0.15, 0.2) is 54.6 Å². The van der Waals surface area contributed by atoms with Crippen LogP contribution < -0.4 is 4.74 Å². The molecule has 130 valence electrons. The Balaban J connectivity index is 1.39. The number of benzene rings is 2. The van der Waals surface area contributed by atoms with Gasteiger partial charge in [0.05, 0.1) is 0 Å². The van der Waals surface area contributed by atoms with Gasteiger partial charge in [0.15, 0.2) is 6.61 Å². The maximum atomic E-state index is 12.6. The monoisotopic (exact) mass is 335 g/mol. The number of amides is 1. The first-order valence-corrected chi connectivity index (χ1v) is 9.33. The quantitative estimate of drug-likeness (QED) is 0.728. The molecule has 2 aliphatic rings. The Bertz CT molecular complexity index is 720. The zero-order valence-electron chi connectivity index (χ0n) is 14.6. The largest absolute Gasteiger partial charge is 0.483 e. The predicted octanol–water partition coefficient (Wildman–Crippen LogP) is 4.06. The van der Waals surface area contributed by atoms with Crippen LogP contribution in [0.3, 0.4) is 0 Å².